The first-order chi connectivity index (χ1) is 13.9. The van der Waals surface area contributed by atoms with Crippen LogP contribution in [0.2, 0.25) is 0 Å². The SMILES string of the molecule is CCCOC(=O)c1ccc(NC(=O)[C@H]2CC(=O)N(c3cc(C)cc(C)c3)C2)cc1. The van der Waals surface area contributed by atoms with E-state index in [0.717, 1.165) is 23.2 Å². The molecule has 0 aromatic heterocycles. The summed E-state index contributed by atoms with van der Waals surface area (Å²) in [7, 11) is 0. The minimum Gasteiger partial charge on any atom is -0.462 e. The molecule has 1 N–H and O–H groups in total. The summed E-state index contributed by atoms with van der Waals surface area (Å²) in [6, 6.07) is 12.5. The molecule has 2 amide bonds. The van der Waals surface area contributed by atoms with Crippen molar-refractivity contribution in [1.82, 2.24) is 0 Å². The number of benzene rings is 2. The van der Waals surface area contributed by atoms with Crippen LogP contribution in [-0.2, 0) is 14.3 Å². The Hall–Kier alpha value is -3.15. The van der Waals surface area contributed by atoms with Gasteiger partial charge in [-0.2, -0.15) is 0 Å². The average molecular weight is 394 g/mol. The Morgan fingerprint density at radius 3 is 2.38 bits per heavy atom. The zero-order valence-electron chi connectivity index (χ0n) is 17.0. The first-order valence-electron chi connectivity index (χ1n) is 9.84. The summed E-state index contributed by atoms with van der Waals surface area (Å²) >= 11 is 0. The Kier molecular flexibility index (Phi) is 6.32. The van der Waals surface area contributed by atoms with Gasteiger partial charge in [-0.1, -0.05) is 13.0 Å². The van der Waals surface area contributed by atoms with Crippen molar-refractivity contribution in [2.45, 2.75) is 33.6 Å². The molecule has 152 valence electrons. The maximum atomic E-state index is 12.6. The van der Waals surface area contributed by atoms with Crippen LogP contribution in [0.25, 0.3) is 0 Å². The summed E-state index contributed by atoms with van der Waals surface area (Å²) in [5.74, 6) is -1.05. The summed E-state index contributed by atoms with van der Waals surface area (Å²) in [5.41, 5.74) is 4.02. The fourth-order valence-corrected chi connectivity index (χ4v) is 3.45. The largest absolute Gasteiger partial charge is 0.462 e. The smallest absolute Gasteiger partial charge is 0.338 e. The summed E-state index contributed by atoms with van der Waals surface area (Å²) < 4.78 is 5.09. The van der Waals surface area contributed by atoms with E-state index in [1.807, 2.05) is 32.9 Å². The fraction of sp³-hybridized carbons (Fsp3) is 0.348. The van der Waals surface area contributed by atoms with E-state index in [0.29, 0.717) is 24.4 Å². The molecule has 0 spiro atoms. The van der Waals surface area contributed by atoms with Gasteiger partial charge < -0.3 is 15.0 Å². The second kappa shape index (κ2) is 8.90. The van der Waals surface area contributed by atoms with E-state index in [4.69, 9.17) is 4.74 Å². The van der Waals surface area contributed by atoms with Crippen LogP contribution < -0.4 is 10.2 Å². The molecule has 3 rings (SSSR count). The minimum atomic E-state index is -0.419. The van der Waals surface area contributed by atoms with Crippen molar-refractivity contribution < 1.29 is 19.1 Å². The van der Waals surface area contributed by atoms with Gasteiger partial charge in [0.05, 0.1) is 18.1 Å². The van der Waals surface area contributed by atoms with E-state index in [-0.39, 0.29) is 24.2 Å². The Balaban J connectivity index is 1.62. The molecule has 0 radical (unpaired) electrons. The van der Waals surface area contributed by atoms with Gasteiger partial charge in [0.15, 0.2) is 0 Å². The number of hydrogen-bond acceptors (Lipinski definition) is 4. The van der Waals surface area contributed by atoms with Gasteiger partial charge in [0.2, 0.25) is 11.8 Å². The van der Waals surface area contributed by atoms with Gasteiger partial charge in [0.1, 0.15) is 0 Å². The summed E-state index contributed by atoms with van der Waals surface area (Å²) in [6.07, 6.45) is 0.944. The molecule has 1 aliphatic heterocycles. The van der Waals surface area contributed by atoms with E-state index in [2.05, 4.69) is 11.4 Å². The number of ether oxygens (including phenoxy) is 1. The van der Waals surface area contributed by atoms with Gasteiger partial charge in [-0.25, -0.2) is 4.79 Å². The van der Waals surface area contributed by atoms with E-state index in [9.17, 15) is 14.4 Å². The number of aryl methyl sites for hydroxylation is 2. The van der Waals surface area contributed by atoms with E-state index >= 15 is 0 Å². The quantitative estimate of drug-likeness (QED) is 0.755. The molecule has 6 heteroatoms. The second-order valence-electron chi connectivity index (χ2n) is 7.45. The van der Waals surface area contributed by atoms with Gasteiger partial charge in [-0.05, 0) is 67.8 Å². The number of anilines is 2. The summed E-state index contributed by atoms with van der Waals surface area (Å²) in [5, 5.41) is 2.84. The predicted octanol–water partition coefficient (Wildman–Crippen LogP) is 3.86. The zero-order valence-corrected chi connectivity index (χ0v) is 17.0. The Morgan fingerprint density at radius 1 is 1.10 bits per heavy atom. The molecule has 6 nitrogen and oxygen atoms in total. The molecule has 1 fully saturated rings. The van der Waals surface area contributed by atoms with Gasteiger partial charge in [0.25, 0.3) is 0 Å². The molecule has 1 aliphatic rings. The Morgan fingerprint density at radius 2 is 1.76 bits per heavy atom. The molecular formula is C23H26N2O4. The van der Waals surface area contributed by atoms with Crippen molar-refractivity contribution in [3.05, 3.63) is 59.2 Å². The van der Waals surface area contributed by atoms with Crippen LogP contribution in [0.15, 0.2) is 42.5 Å². The molecule has 0 bridgehead atoms. The highest BCUT2D eigenvalue weighted by Gasteiger charge is 2.35. The third kappa shape index (κ3) is 5.02. The highest BCUT2D eigenvalue weighted by atomic mass is 16.5. The standard InChI is InChI=1S/C23H26N2O4/c1-4-9-29-23(28)17-5-7-19(8-6-17)24-22(27)18-13-21(26)25(14-18)20-11-15(2)10-16(3)12-20/h5-8,10-12,18H,4,9,13-14H2,1-3H3,(H,24,27)/t18-/m0/s1. The normalized spacial score (nSPS) is 16.0. The van der Waals surface area contributed by atoms with Crippen LogP contribution in [0.1, 0.15) is 41.3 Å². The molecule has 0 saturated carbocycles. The lowest BCUT2D eigenvalue weighted by molar-refractivity contribution is -0.122. The van der Waals surface area contributed by atoms with Gasteiger partial charge in [0, 0.05) is 24.3 Å². The number of hydrogen-bond donors (Lipinski definition) is 1. The van der Waals surface area contributed by atoms with Gasteiger partial charge >= 0.3 is 5.97 Å². The first-order valence-corrected chi connectivity index (χ1v) is 9.84. The van der Waals surface area contributed by atoms with Crippen LogP contribution in [0, 0.1) is 19.8 Å². The maximum absolute atomic E-state index is 12.6. The molecule has 1 saturated heterocycles. The monoisotopic (exact) mass is 394 g/mol. The minimum absolute atomic E-state index is 0.0517. The number of nitrogens with one attached hydrogen (secondary N) is 1. The van der Waals surface area contributed by atoms with Crippen LogP contribution in [0.5, 0.6) is 0 Å². The van der Waals surface area contributed by atoms with Crippen molar-refractivity contribution in [3.8, 4) is 0 Å². The van der Waals surface area contributed by atoms with Crippen molar-refractivity contribution in [2.24, 2.45) is 5.92 Å². The number of rotatable bonds is 6. The summed E-state index contributed by atoms with van der Waals surface area (Å²) in [4.78, 5) is 38.6. The van der Waals surface area contributed by atoms with Crippen molar-refractivity contribution in [3.63, 3.8) is 0 Å². The van der Waals surface area contributed by atoms with Gasteiger partial charge in [-0.15, -0.1) is 0 Å². The molecule has 1 atom stereocenters. The first kappa shape index (κ1) is 20.6. The van der Waals surface area contributed by atoms with Crippen LogP contribution in [0.4, 0.5) is 11.4 Å². The molecule has 2 aromatic carbocycles. The highest BCUT2D eigenvalue weighted by Crippen LogP contribution is 2.27. The number of esters is 1. The number of nitrogens with zero attached hydrogens (tertiary/aromatic N) is 1. The van der Waals surface area contributed by atoms with E-state index < -0.39 is 5.92 Å². The lowest BCUT2D eigenvalue weighted by Crippen LogP contribution is -2.28. The number of carbonyl (C=O) groups excluding carboxylic acids is 3. The molecule has 29 heavy (non-hydrogen) atoms. The van der Waals surface area contributed by atoms with Crippen molar-refractivity contribution >= 4 is 29.2 Å². The third-order valence-electron chi connectivity index (χ3n) is 4.84. The van der Waals surface area contributed by atoms with Crippen LogP contribution >= 0.6 is 0 Å². The van der Waals surface area contributed by atoms with Gasteiger partial charge in [-0.3, -0.25) is 9.59 Å². The third-order valence-corrected chi connectivity index (χ3v) is 4.84. The molecule has 0 unspecified atom stereocenters. The average Bonchev–Trinajstić information content (AvgIpc) is 3.08. The van der Waals surface area contributed by atoms with Crippen LogP contribution in [-0.4, -0.2) is 30.9 Å². The number of amides is 2. The summed E-state index contributed by atoms with van der Waals surface area (Å²) in [6.45, 7) is 6.64. The lowest BCUT2D eigenvalue weighted by Gasteiger charge is -2.18. The second-order valence-corrected chi connectivity index (χ2v) is 7.45. The lowest BCUT2D eigenvalue weighted by atomic mass is 10.1. The van der Waals surface area contributed by atoms with Crippen LogP contribution in [0.3, 0.4) is 0 Å². The van der Waals surface area contributed by atoms with E-state index in [1.54, 1.807) is 29.2 Å². The molecule has 0 aliphatic carbocycles. The number of carbonyl (C=O) groups is 3. The Labute approximate surface area is 170 Å². The fourth-order valence-electron chi connectivity index (χ4n) is 3.45. The van der Waals surface area contributed by atoms with Crippen molar-refractivity contribution in [1.29, 1.82) is 0 Å². The zero-order chi connectivity index (χ0) is 21.0. The van der Waals surface area contributed by atoms with E-state index in [1.165, 1.54) is 0 Å². The Bertz CT molecular complexity index is 901. The van der Waals surface area contributed by atoms with Crippen molar-refractivity contribution in [2.75, 3.05) is 23.4 Å². The topological polar surface area (TPSA) is 75.7 Å². The maximum Gasteiger partial charge on any atom is 0.338 e. The molecule has 1 heterocycles. The highest BCUT2D eigenvalue weighted by molar-refractivity contribution is 6.03. The molecular weight excluding hydrogens is 368 g/mol. The molecule has 2 aromatic rings. The predicted molar refractivity (Wildman–Crippen MR) is 112 cm³/mol.